The minimum atomic E-state index is 0.151. The van der Waals surface area contributed by atoms with Gasteiger partial charge in [0, 0.05) is 26.7 Å². The van der Waals surface area contributed by atoms with Crippen molar-refractivity contribution < 1.29 is 9.15 Å². The lowest BCUT2D eigenvalue weighted by molar-refractivity contribution is 0.0125. The van der Waals surface area contributed by atoms with Crippen LogP contribution < -0.4 is 11.1 Å². The van der Waals surface area contributed by atoms with Crippen LogP contribution in [-0.2, 0) is 4.74 Å². The van der Waals surface area contributed by atoms with Gasteiger partial charge in [-0.05, 0) is 19.1 Å². The van der Waals surface area contributed by atoms with Gasteiger partial charge in [0.15, 0.2) is 5.96 Å². The highest BCUT2D eigenvalue weighted by Crippen LogP contribution is 2.23. The van der Waals surface area contributed by atoms with Gasteiger partial charge in [-0.25, -0.2) is 0 Å². The lowest BCUT2D eigenvalue weighted by Gasteiger charge is -2.33. The van der Waals surface area contributed by atoms with Crippen molar-refractivity contribution in [2.24, 2.45) is 10.7 Å². The second-order valence-corrected chi connectivity index (χ2v) is 4.60. The molecule has 1 saturated heterocycles. The molecule has 1 aromatic heterocycles. The second-order valence-electron chi connectivity index (χ2n) is 4.60. The van der Waals surface area contributed by atoms with Crippen molar-refractivity contribution in [2.75, 3.05) is 39.9 Å². The first-order valence-corrected chi connectivity index (χ1v) is 6.55. The van der Waals surface area contributed by atoms with Gasteiger partial charge >= 0.3 is 0 Å². The van der Waals surface area contributed by atoms with Gasteiger partial charge < -0.3 is 20.2 Å². The van der Waals surface area contributed by atoms with Gasteiger partial charge in [0.2, 0.25) is 0 Å². The third-order valence-corrected chi connectivity index (χ3v) is 3.29. The minimum absolute atomic E-state index is 0.151. The number of furan rings is 1. The molecular formula is C13H22N4O2. The Morgan fingerprint density at radius 1 is 1.47 bits per heavy atom. The normalized spacial score (nSPS) is 19.4. The number of guanidine groups is 1. The SMILES string of the molecule is CN=C(N)NCC(c1ccc(C)o1)N1CCOCC1. The van der Waals surface area contributed by atoms with Crippen molar-refractivity contribution in [2.45, 2.75) is 13.0 Å². The molecule has 6 heteroatoms. The number of ether oxygens (including phenoxy) is 1. The first-order valence-electron chi connectivity index (χ1n) is 6.55. The van der Waals surface area contributed by atoms with E-state index in [9.17, 15) is 0 Å². The van der Waals surface area contributed by atoms with Crippen molar-refractivity contribution in [3.63, 3.8) is 0 Å². The van der Waals surface area contributed by atoms with E-state index in [4.69, 9.17) is 14.9 Å². The number of hydrogen-bond acceptors (Lipinski definition) is 4. The zero-order valence-electron chi connectivity index (χ0n) is 11.6. The molecule has 0 aliphatic carbocycles. The van der Waals surface area contributed by atoms with Crippen LogP contribution in [0.4, 0.5) is 0 Å². The van der Waals surface area contributed by atoms with Crippen LogP contribution >= 0.6 is 0 Å². The number of aryl methyl sites for hydroxylation is 1. The van der Waals surface area contributed by atoms with E-state index in [1.165, 1.54) is 0 Å². The van der Waals surface area contributed by atoms with E-state index in [0.717, 1.165) is 37.8 Å². The summed E-state index contributed by atoms with van der Waals surface area (Å²) in [6.07, 6.45) is 0. The molecule has 1 unspecified atom stereocenters. The van der Waals surface area contributed by atoms with Gasteiger partial charge in [-0.2, -0.15) is 0 Å². The lowest BCUT2D eigenvalue weighted by Crippen LogP contribution is -2.45. The summed E-state index contributed by atoms with van der Waals surface area (Å²) >= 11 is 0. The maximum atomic E-state index is 5.76. The Bertz CT molecular complexity index is 424. The second kappa shape index (κ2) is 6.58. The van der Waals surface area contributed by atoms with Crippen LogP contribution in [-0.4, -0.2) is 50.8 Å². The number of aliphatic imine (C=N–C) groups is 1. The lowest BCUT2D eigenvalue weighted by atomic mass is 10.1. The van der Waals surface area contributed by atoms with Crippen LogP contribution in [0.2, 0.25) is 0 Å². The van der Waals surface area contributed by atoms with Gasteiger partial charge in [-0.15, -0.1) is 0 Å². The predicted molar refractivity (Wildman–Crippen MR) is 74.1 cm³/mol. The van der Waals surface area contributed by atoms with E-state index >= 15 is 0 Å². The highest BCUT2D eigenvalue weighted by Gasteiger charge is 2.25. The fourth-order valence-electron chi connectivity index (χ4n) is 2.21. The summed E-state index contributed by atoms with van der Waals surface area (Å²) in [5.74, 6) is 2.32. The van der Waals surface area contributed by atoms with Gasteiger partial charge in [-0.1, -0.05) is 0 Å². The van der Waals surface area contributed by atoms with Crippen LogP contribution in [0, 0.1) is 6.92 Å². The quantitative estimate of drug-likeness (QED) is 0.613. The van der Waals surface area contributed by atoms with Crippen molar-refractivity contribution in [1.29, 1.82) is 0 Å². The maximum absolute atomic E-state index is 5.76. The Labute approximate surface area is 113 Å². The third kappa shape index (κ3) is 3.71. The Morgan fingerprint density at radius 2 is 2.21 bits per heavy atom. The predicted octanol–water partition coefficient (Wildman–Crippen LogP) is 0.495. The Balaban J connectivity index is 2.07. The fraction of sp³-hybridized carbons (Fsp3) is 0.615. The molecule has 1 aliphatic rings. The van der Waals surface area contributed by atoms with Gasteiger partial charge in [0.05, 0.1) is 19.3 Å². The van der Waals surface area contributed by atoms with Crippen molar-refractivity contribution in [1.82, 2.24) is 10.2 Å². The van der Waals surface area contributed by atoms with E-state index in [2.05, 4.69) is 15.2 Å². The molecule has 3 N–H and O–H groups in total. The first kappa shape index (κ1) is 13.9. The Kier molecular flexibility index (Phi) is 4.81. The molecule has 0 bridgehead atoms. The molecule has 1 fully saturated rings. The molecule has 0 amide bonds. The standard InChI is InChI=1S/C13H22N4O2/c1-10-3-4-12(19-10)11(9-16-13(14)15-2)17-5-7-18-8-6-17/h3-4,11H,5-9H2,1-2H3,(H3,14,15,16). The van der Waals surface area contributed by atoms with E-state index in [1.54, 1.807) is 7.05 Å². The zero-order chi connectivity index (χ0) is 13.7. The summed E-state index contributed by atoms with van der Waals surface area (Å²) in [5, 5.41) is 3.12. The number of nitrogens with zero attached hydrogens (tertiary/aromatic N) is 2. The van der Waals surface area contributed by atoms with Gasteiger partial charge in [0.1, 0.15) is 11.5 Å². The average molecular weight is 266 g/mol. The molecule has 0 aromatic carbocycles. The van der Waals surface area contributed by atoms with Crippen LogP contribution in [0.25, 0.3) is 0 Å². The molecule has 6 nitrogen and oxygen atoms in total. The maximum Gasteiger partial charge on any atom is 0.188 e. The topological polar surface area (TPSA) is 76.0 Å². The van der Waals surface area contributed by atoms with Crippen molar-refractivity contribution in [3.8, 4) is 0 Å². The molecule has 0 spiro atoms. The van der Waals surface area contributed by atoms with Crippen LogP contribution in [0.15, 0.2) is 21.5 Å². The number of nitrogens with two attached hydrogens (primary N) is 1. The molecular weight excluding hydrogens is 244 g/mol. The summed E-state index contributed by atoms with van der Waals surface area (Å²) in [7, 11) is 1.67. The number of nitrogens with one attached hydrogen (secondary N) is 1. The minimum Gasteiger partial charge on any atom is -0.465 e. The summed E-state index contributed by atoms with van der Waals surface area (Å²) in [5.41, 5.74) is 5.70. The Hall–Kier alpha value is -1.53. The average Bonchev–Trinajstić information content (AvgIpc) is 2.86. The number of rotatable bonds is 4. The molecule has 1 aliphatic heterocycles. The summed E-state index contributed by atoms with van der Waals surface area (Å²) < 4.78 is 11.2. The molecule has 19 heavy (non-hydrogen) atoms. The largest absolute Gasteiger partial charge is 0.465 e. The summed E-state index contributed by atoms with van der Waals surface area (Å²) in [6.45, 7) is 5.94. The molecule has 1 atom stereocenters. The van der Waals surface area contributed by atoms with E-state index in [-0.39, 0.29) is 6.04 Å². The molecule has 106 valence electrons. The molecule has 0 radical (unpaired) electrons. The van der Waals surface area contributed by atoms with E-state index < -0.39 is 0 Å². The van der Waals surface area contributed by atoms with Crippen LogP contribution in [0.5, 0.6) is 0 Å². The van der Waals surface area contributed by atoms with Crippen LogP contribution in [0.1, 0.15) is 17.6 Å². The Morgan fingerprint density at radius 3 is 2.79 bits per heavy atom. The van der Waals surface area contributed by atoms with Gasteiger partial charge in [0.25, 0.3) is 0 Å². The highest BCUT2D eigenvalue weighted by atomic mass is 16.5. The van der Waals surface area contributed by atoms with Crippen LogP contribution in [0.3, 0.4) is 0 Å². The molecule has 2 rings (SSSR count). The molecule has 1 aromatic rings. The highest BCUT2D eigenvalue weighted by molar-refractivity contribution is 5.77. The summed E-state index contributed by atoms with van der Waals surface area (Å²) in [4.78, 5) is 6.26. The van der Waals surface area contributed by atoms with Gasteiger partial charge in [-0.3, -0.25) is 9.89 Å². The monoisotopic (exact) mass is 266 g/mol. The summed E-state index contributed by atoms with van der Waals surface area (Å²) in [6, 6.07) is 4.16. The van der Waals surface area contributed by atoms with E-state index in [0.29, 0.717) is 12.5 Å². The molecule has 2 heterocycles. The zero-order valence-corrected chi connectivity index (χ0v) is 11.6. The number of hydrogen-bond donors (Lipinski definition) is 2. The fourth-order valence-corrected chi connectivity index (χ4v) is 2.21. The molecule has 0 saturated carbocycles. The van der Waals surface area contributed by atoms with Crippen molar-refractivity contribution in [3.05, 3.63) is 23.7 Å². The van der Waals surface area contributed by atoms with E-state index in [1.807, 2.05) is 19.1 Å². The number of morpholine rings is 1. The third-order valence-electron chi connectivity index (χ3n) is 3.29. The first-order chi connectivity index (χ1) is 9.20. The smallest absolute Gasteiger partial charge is 0.188 e. The van der Waals surface area contributed by atoms with Crippen molar-refractivity contribution >= 4 is 5.96 Å².